The number of carboxylic acid groups (broad SMARTS) is 2. The van der Waals surface area contributed by atoms with Crippen LogP contribution in [0.2, 0.25) is 0 Å². The normalized spacial score (nSPS) is 22.3. The maximum absolute atomic E-state index is 11.8. The molecule has 1 saturated carbocycles. The molecule has 1 aliphatic carbocycles. The number of aryl methyl sites for hydroxylation is 1. The Labute approximate surface area is 212 Å². The van der Waals surface area contributed by atoms with Crippen molar-refractivity contribution in [3.05, 3.63) is 59.4 Å². The fourth-order valence-corrected chi connectivity index (χ4v) is 6.00. The zero-order chi connectivity index (χ0) is 25.8. The second-order valence-electron chi connectivity index (χ2n) is 10.3. The maximum atomic E-state index is 11.8. The molecule has 0 amide bonds. The smallest absolute Gasteiger partial charge is 0.306 e. The number of benzene rings is 2. The highest BCUT2D eigenvalue weighted by atomic mass is 16.4. The van der Waals surface area contributed by atoms with Gasteiger partial charge in [0.25, 0.3) is 6.47 Å². The Hall–Kier alpha value is -3.35. The van der Waals surface area contributed by atoms with Crippen LogP contribution in [0.5, 0.6) is 0 Å². The Balaban J connectivity index is 0.000000967. The van der Waals surface area contributed by atoms with Crippen molar-refractivity contribution < 1.29 is 19.8 Å². The van der Waals surface area contributed by atoms with Gasteiger partial charge in [-0.15, -0.1) is 0 Å². The number of anilines is 1. The summed E-state index contributed by atoms with van der Waals surface area (Å²) in [5, 5.41) is 16.6. The Morgan fingerprint density at radius 1 is 1.17 bits per heavy atom. The number of carboxylic acids is 1. The fourth-order valence-electron chi connectivity index (χ4n) is 6.00. The van der Waals surface area contributed by atoms with Gasteiger partial charge >= 0.3 is 5.97 Å². The van der Waals surface area contributed by atoms with Crippen LogP contribution in [0.25, 0.3) is 11.0 Å². The molecule has 7 heteroatoms. The number of nitrogens with zero attached hydrogens (tertiary/aromatic N) is 3. The Morgan fingerprint density at radius 2 is 1.89 bits per heavy atom. The number of rotatable bonds is 5. The summed E-state index contributed by atoms with van der Waals surface area (Å²) in [6.45, 7) is 4.30. The molecule has 4 atom stereocenters. The first-order valence-electron chi connectivity index (χ1n) is 13.0. The van der Waals surface area contributed by atoms with E-state index in [9.17, 15) is 9.90 Å². The van der Waals surface area contributed by atoms with Crippen LogP contribution in [-0.4, -0.2) is 45.3 Å². The van der Waals surface area contributed by atoms with E-state index in [2.05, 4.69) is 72.8 Å². The summed E-state index contributed by atoms with van der Waals surface area (Å²) >= 11 is 0. The van der Waals surface area contributed by atoms with Crippen LogP contribution >= 0.6 is 0 Å². The van der Waals surface area contributed by atoms with E-state index in [0.717, 1.165) is 49.9 Å². The molecule has 0 bridgehead atoms. The van der Waals surface area contributed by atoms with E-state index in [1.54, 1.807) is 0 Å². The zero-order valence-corrected chi connectivity index (χ0v) is 21.4. The van der Waals surface area contributed by atoms with E-state index >= 15 is 0 Å². The molecule has 0 spiro atoms. The van der Waals surface area contributed by atoms with Crippen LogP contribution in [0.3, 0.4) is 0 Å². The van der Waals surface area contributed by atoms with E-state index in [-0.39, 0.29) is 24.3 Å². The lowest BCUT2D eigenvalue weighted by atomic mass is 9.85. The van der Waals surface area contributed by atoms with Gasteiger partial charge in [-0.1, -0.05) is 43.7 Å². The van der Waals surface area contributed by atoms with Crippen molar-refractivity contribution in [1.29, 1.82) is 0 Å². The molecule has 1 aliphatic heterocycles. The Bertz CT molecular complexity index is 1210. The largest absolute Gasteiger partial charge is 0.483 e. The van der Waals surface area contributed by atoms with Gasteiger partial charge in [-0.3, -0.25) is 9.59 Å². The summed E-state index contributed by atoms with van der Waals surface area (Å²) in [4.78, 5) is 27.9. The lowest BCUT2D eigenvalue weighted by Gasteiger charge is -2.34. The molecule has 0 radical (unpaired) electrons. The van der Waals surface area contributed by atoms with E-state index in [1.807, 2.05) is 0 Å². The molecule has 2 N–H and O–H groups in total. The second kappa shape index (κ2) is 11.1. The van der Waals surface area contributed by atoms with Crippen molar-refractivity contribution in [2.24, 2.45) is 5.92 Å². The van der Waals surface area contributed by atoms with Crippen molar-refractivity contribution >= 4 is 29.2 Å². The molecule has 0 saturated heterocycles. The van der Waals surface area contributed by atoms with Gasteiger partial charge in [-0.25, -0.2) is 4.98 Å². The molecule has 2 aliphatic rings. The molecule has 1 fully saturated rings. The molecule has 4 unspecified atom stereocenters. The molecule has 2 aromatic carbocycles. The third-order valence-corrected chi connectivity index (χ3v) is 8.01. The third-order valence-electron chi connectivity index (χ3n) is 8.01. The number of carbonyl (C=O) groups is 2. The molecular formula is C29H37N3O4. The molecule has 1 aromatic heterocycles. The molecule has 5 rings (SSSR count). The molecule has 192 valence electrons. The highest BCUT2D eigenvalue weighted by Crippen LogP contribution is 2.41. The third kappa shape index (κ3) is 5.11. The minimum absolute atomic E-state index is 0.191. The van der Waals surface area contributed by atoms with Gasteiger partial charge in [-0.2, -0.15) is 0 Å². The van der Waals surface area contributed by atoms with Gasteiger partial charge in [0.2, 0.25) is 0 Å². The van der Waals surface area contributed by atoms with Crippen molar-refractivity contribution in [2.75, 3.05) is 11.9 Å². The van der Waals surface area contributed by atoms with Crippen molar-refractivity contribution in [3.8, 4) is 0 Å². The number of aliphatic carboxylic acids is 1. The van der Waals surface area contributed by atoms with Gasteiger partial charge in [0, 0.05) is 36.3 Å². The van der Waals surface area contributed by atoms with Crippen molar-refractivity contribution in [2.45, 2.75) is 76.8 Å². The SMILES string of the molecule is CC(Cc1ccccc1)c1nc2c3c(ccc2n1C1CCCC(C(=O)O)C1)N(C)C(C)CC3.O=CO. The highest BCUT2D eigenvalue weighted by Gasteiger charge is 2.32. The number of imidazole rings is 1. The first kappa shape index (κ1) is 25.7. The minimum Gasteiger partial charge on any atom is -0.483 e. The summed E-state index contributed by atoms with van der Waals surface area (Å²) < 4.78 is 2.43. The van der Waals surface area contributed by atoms with Gasteiger partial charge in [0.15, 0.2) is 0 Å². The van der Waals surface area contributed by atoms with E-state index in [4.69, 9.17) is 14.9 Å². The van der Waals surface area contributed by atoms with E-state index in [1.165, 1.54) is 22.3 Å². The summed E-state index contributed by atoms with van der Waals surface area (Å²) in [5.74, 6) is 0.444. The van der Waals surface area contributed by atoms with Gasteiger partial charge < -0.3 is 19.7 Å². The summed E-state index contributed by atoms with van der Waals surface area (Å²) in [6, 6.07) is 15.8. The second-order valence-corrected chi connectivity index (χ2v) is 10.3. The Morgan fingerprint density at radius 3 is 2.58 bits per heavy atom. The van der Waals surface area contributed by atoms with Crippen LogP contribution in [0.4, 0.5) is 5.69 Å². The van der Waals surface area contributed by atoms with E-state index < -0.39 is 5.97 Å². The fraction of sp³-hybridized carbons (Fsp3) is 0.483. The van der Waals surface area contributed by atoms with Crippen LogP contribution in [0.1, 0.15) is 74.9 Å². The van der Waals surface area contributed by atoms with Crippen LogP contribution in [0, 0.1) is 5.92 Å². The number of fused-ring (bicyclic) bond motifs is 3. The van der Waals surface area contributed by atoms with Crippen LogP contribution in [-0.2, 0) is 22.4 Å². The van der Waals surface area contributed by atoms with Gasteiger partial charge in [0.1, 0.15) is 5.82 Å². The van der Waals surface area contributed by atoms with Crippen molar-refractivity contribution in [1.82, 2.24) is 9.55 Å². The van der Waals surface area contributed by atoms with Gasteiger partial charge in [-0.05, 0) is 63.1 Å². The zero-order valence-electron chi connectivity index (χ0n) is 21.4. The molecule has 7 nitrogen and oxygen atoms in total. The van der Waals surface area contributed by atoms with Crippen LogP contribution in [0.15, 0.2) is 42.5 Å². The number of hydrogen-bond donors (Lipinski definition) is 2. The minimum atomic E-state index is -0.656. The van der Waals surface area contributed by atoms with Crippen LogP contribution < -0.4 is 4.90 Å². The molecular weight excluding hydrogens is 454 g/mol. The number of aromatic nitrogens is 2. The Kier molecular flexibility index (Phi) is 7.97. The monoisotopic (exact) mass is 491 g/mol. The molecule has 36 heavy (non-hydrogen) atoms. The molecule has 2 heterocycles. The predicted octanol–water partition coefficient (Wildman–Crippen LogP) is 5.67. The topological polar surface area (TPSA) is 95.7 Å². The highest BCUT2D eigenvalue weighted by molar-refractivity contribution is 5.86. The average molecular weight is 492 g/mol. The first-order valence-corrected chi connectivity index (χ1v) is 13.0. The first-order chi connectivity index (χ1) is 17.3. The molecule has 3 aromatic rings. The summed E-state index contributed by atoms with van der Waals surface area (Å²) in [7, 11) is 2.18. The summed E-state index contributed by atoms with van der Waals surface area (Å²) in [5.41, 5.74) is 6.26. The summed E-state index contributed by atoms with van der Waals surface area (Å²) in [6.07, 6.45) is 6.57. The van der Waals surface area contributed by atoms with E-state index in [0.29, 0.717) is 12.5 Å². The maximum Gasteiger partial charge on any atom is 0.306 e. The number of hydrogen-bond acceptors (Lipinski definition) is 4. The van der Waals surface area contributed by atoms with Crippen molar-refractivity contribution in [3.63, 3.8) is 0 Å². The van der Waals surface area contributed by atoms with Gasteiger partial charge in [0.05, 0.1) is 17.0 Å². The standard InChI is InChI=1S/C28H35N3O2.CH2O2/c1-18(16-20-8-5-4-6-9-20)27-29-26-23-13-12-19(2)30(3)24(23)14-15-25(26)31(27)22-11-7-10-21(17-22)28(32)33;2-1-3/h4-6,8-9,14-15,18-19,21-22H,7,10-13,16-17H2,1-3H3,(H,32,33);1H,(H,2,3). The average Bonchev–Trinajstić information content (AvgIpc) is 3.27. The quantitative estimate of drug-likeness (QED) is 0.447. The predicted molar refractivity (Wildman–Crippen MR) is 142 cm³/mol. The lowest BCUT2D eigenvalue weighted by molar-refractivity contribution is -0.143. The lowest BCUT2D eigenvalue weighted by Crippen LogP contribution is -2.33.